The number of amides is 2. The molecular formula is C22H26N6OS. The van der Waals surface area contributed by atoms with E-state index in [9.17, 15) is 4.79 Å². The van der Waals surface area contributed by atoms with E-state index in [4.69, 9.17) is 0 Å². The van der Waals surface area contributed by atoms with Crippen molar-refractivity contribution in [3.8, 4) is 10.6 Å². The van der Waals surface area contributed by atoms with Crippen LogP contribution in [0.3, 0.4) is 0 Å². The number of hydrogen-bond donors (Lipinski definition) is 2. The van der Waals surface area contributed by atoms with Crippen LogP contribution < -0.4 is 15.5 Å². The van der Waals surface area contributed by atoms with Crippen LogP contribution in [0.1, 0.15) is 12.0 Å². The molecule has 4 rings (SSSR count). The molecule has 1 aliphatic heterocycles. The molecule has 0 unspecified atom stereocenters. The molecule has 0 atom stereocenters. The van der Waals surface area contributed by atoms with Gasteiger partial charge in [-0.25, -0.2) is 14.8 Å². The summed E-state index contributed by atoms with van der Waals surface area (Å²) in [7, 11) is 2.16. The Bertz CT molecular complexity index is 943. The van der Waals surface area contributed by atoms with Crippen molar-refractivity contribution in [2.75, 3.05) is 43.4 Å². The Kier molecular flexibility index (Phi) is 6.56. The molecule has 156 valence electrons. The highest BCUT2D eigenvalue weighted by atomic mass is 32.1. The second-order valence-electron chi connectivity index (χ2n) is 7.39. The molecule has 3 aromatic rings. The van der Waals surface area contributed by atoms with E-state index in [0.717, 1.165) is 60.2 Å². The summed E-state index contributed by atoms with van der Waals surface area (Å²) in [5.41, 5.74) is 2.76. The third-order valence-corrected chi connectivity index (χ3v) is 5.95. The lowest BCUT2D eigenvalue weighted by atomic mass is 10.2. The molecule has 2 amide bonds. The van der Waals surface area contributed by atoms with E-state index in [1.165, 1.54) is 0 Å². The van der Waals surface area contributed by atoms with Gasteiger partial charge in [-0.2, -0.15) is 0 Å². The van der Waals surface area contributed by atoms with Gasteiger partial charge < -0.3 is 20.4 Å². The number of anilines is 2. The average Bonchev–Trinajstić information content (AvgIpc) is 3.22. The van der Waals surface area contributed by atoms with Crippen molar-refractivity contribution < 1.29 is 4.79 Å². The van der Waals surface area contributed by atoms with Gasteiger partial charge in [-0.05, 0) is 55.9 Å². The van der Waals surface area contributed by atoms with E-state index in [1.807, 2.05) is 48.0 Å². The summed E-state index contributed by atoms with van der Waals surface area (Å²) < 4.78 is 0. The number of aromatic nitrogens is 2. The number of thiazole rings is 1. The van der Waals surface area contributed by atoms with Gasteiger partial charge in [-0.15, -0.1) is 11.3 Å². The molecule has 1 saturated heterocycles. The third kappa shape index (κ3) is 5.34. The van der Waals surface area contributed by atoms with Gasteiger partial charge in [0, 0.05) is 55.2 Å². The molecule has 1 fully saturated rings. The van der Waals surface area contributed by atoms with Crippen molar-refractivity contribution in [2.24, 2.45) is 0 Å². The maximum atomic E-state index is 12.2. The van der Waals surface area contributed by atoms with Crippen LogP contribution in [0.25, 0.3) is 10.6 Å². The van der Waals surface area contributed by atoms with Crippen LogP contribution in [-0.2, 0) is 6.54 Å². The van der Waals surface area contributed by atoms with Crippen molar-refractivity contribution in [3.63, 3.8) is 0 Å². The van der Waals surface area contributed by atoms with Gasteiger partial charge in [0.1, 0.15) is 10.8 Å². The van der Waals surface area contributed by atoms with Gasteiger partial charge in [0.05, 0.1) is 0 Å². The molecule has 0 bridgehead atoms. The Morgan fingerprint density at radius 2 is 1.93 bits per heavy atom. The van der Waals surface area contributed by atoms with E-state index < -0.39 is 0 Å². The summed E-state index contributed by atoms with van der Waals surface area (Å²) in [6.07, 6.45) is 4.77. The number of hydrogen-bond acceptors (Lipinski definition) is 6. The number of nitrogens with zero attached hydrogens (tertiary/aromatic N) is 4. The highest BCUT2D eigenvalue weighted by Gasteiger charge is 2.13. The van der Waals surface area contributed by atoms with E-state index in [0.29, 0.717) is 6.54 Å². The van der Waals surface area contributed by atoms with Crippen molar-refractivity contribution in [2.45, 2.75) is 13.0 Å². The zero-order valence-corrected chi connectivity index (χ0v) is 17.9. The molecule has 1 aliphatic rings. The highest BCUT2D eigenvalue weighted by Crippen LogP contribution is 2.23. The predicted octanol–water partition coefficient (Wildman–Crippen LogP) is 3.67. The number of urea groups is 1. The summed E-state index contributed by atoms with van der Waals surface area (Å²) >= 11 is 1.59. The number of carbonyl (C=O) groups is 1. The summed E-state index contributed by atoms with van der Waals surface area (Å²) in [4.78, 5) is 25.8. The van der Waals surface area contributed by atoms with E-state index in [1.54, 1.807) is 17.5 Å². The lowest BCUT2D eigenvalue weighted by Gasteiger charge is -2.21. The molecule has 0 saturated carbocycles. The smallest absolute Gasteiger partial charge is 0.319 e. The standard InChI is InChI=1S/C22H26N6OS/c1-27-10-2-11-28(13-12-27)20-8-3-17(15-24-20)16-25-22(29)26-19-6-4-18(5-7-19)21-23-9-14-30-21/h3-9,14-15H,2,10-13,16H2,1H3,(H2,25,26,29). The number of nitrogens with one attached hydrogen (secondary N) is 2. The maximum Gasteiger partial charge on any atom is 0.319 e. The van der Waals surface area contributed by atoms with Gasteiger partial charge in [-0.3, -0.25) is 0 Å². The summed E-state index contributed by atoms with van der Waals surface area (Å²) in [5.74, 6) is 0.999. The van der Waals surface area contributed by atoms with E-state index in [-0.39, 0.29) is 6.03 Å². The molecule has 30 heavy (non-hydrogen) atoms. The molecule has 0 aliphatic carbocycles. The van der Waals surface area contributed by atoms with Crippen LogP contribution in [0, 0.1) is 0 Å². The van der Waals surface area contributed by atoms with Crippen LogP contribution in [0.2, 0.25) is 0 Å². The molecule has 2 aromatic heterocycles. The minimum atomic E-state index is -0.239. The number of carbonyl (C=O) groups excluding carboxylic acids is 1. The predicted molar refractivity (Wildman–Crippen MR) is 122 cm³/mol. The number of likely N-dealkylation sites (N-methyl/N-ethyl adjacent to an activating group) is 1. The Hall–Kier alpha value is -2.97. The van der Waals surface area contributed by atoms with Crippen LogP contribution in [0.4, 0.5) is 16.3 Å². The normalized spacial score (nSPS) is 14.9. The topological polar surface area (TPSA) is 73.4 Å². The molecule has 0 spiro atoms. The molecule has 2 N–H and O–H groups in total. The van der Waals surface area contributed by atoms with Crippen molar-refractivity contribution in [1.29, 1.82) is 0 Å². The lowest BCUT2D eigenvalue weighted by Crippen LogP contribution is -2.30. The fraction of sp³-hybridized carbons (Fsp3) is 0.318. The lowest BCUT2D eigenvalue weighted by molar-refractivity contribution is 0.251. The van der Waals surface area contributed by atoms with Crippen LogP contribution in [0.15, 0.2) is 54.2 Å². The van der Waals surface area contributed by atoms with E-state index >= 15 is 0 Å². The first kappa shape index (κ1) is 20.3. The van der Waals surface area contributed by atoms with E-state index in [2.05, 4.69) is 37.4 Å². The minimum absolute atomic E-state index is 0.239. The number of pyridine rings is 1. The zero-order valence-electron chi connectivity index (χ0n) is 17.0. The molecule has 7 nitrogen and oxygen atoms in total. The minimum Gasteiger partial charge on any atom is -0.355 e. The Balaban J connectivity index is 1.26. The first-order valence-corrected chi connectivity index (χ1v) is 11.0. The van der Waals surface area contributed by atoms with Gasteiger partial charge in [0.2, 0.25) is 0 Å². The van der Waals surface area contributed by atoms with Crippen molar-refractivity contribution >= 4 is 28.9 Å². The highest BCUT2D eigenvalue weighted by molar-refractivity contribution is 7.13. The van der Waals surface area contributed by atoms with Gasteiger partial charge in [0.25, 0.3) is 0 Å². The average molecular weight is 423 g/mol. The first-order valence-electron chi connectivity index (χ1n) is 10.1. The van der Waals surface area contributed by atoms with Crippen LogP contribution >= 0.6 is 11.3 Å². The first-order chi connectivity index (χ1) is 14.7. The third-order valence-electron chi connectivity index (χ3n) is 5.13. The molecular weight excluding hydrogens is 396 g/mol. The van der Waals surface area contributed by atoms with Gasteiger partial charge in [0.15, 0.2) is 0 Å². The van der Waals surface area contributed by atoms with Gasteiger partial charge >= 0.3 is 6.03 Å². The summed E-state index contributed by atoms with van der Waals surface area (Å²) in [6.45, 7) is 4.62. The molecule has 8 heteroatoms. The largest absolute Gasteiger partial charge is 0.355 e. The Morgan fingerprint density at radius 1 is 1.07 bits per heavy atom. The second-order valence-corrected chi connectivity index (χ2v) is 8.29. The molecule has 0 radical (unpaired) electrons. The maximum absolute atomic E-state index is 12.2. The number of benzene rings is 1. The SMILES string of the molecule is CN1CCCN(c2ccc(CNC(=O)Nc3ccc(-c4nccs4)cc3)cn2)CC1. The van der Waals surface area contributed by atoms with Crippen molar-refractivity contribution in [3.05, 3.63) is 59.7 Å². The van der Waals surface area contributed by atoms with Gasteiger partial charge in [-0.1, -0.05) is 6.07 Å². The zero-order chi connectivity index (χ0) is 20.8. The van der Waals surface area contributed by atoms with Crippen molar-refractivity contribution in [1.82, 2.24) is 20.2 Å². The second kappa shape index (κ2) is 9.69. The van der Waals surface area contributed by atoms with Crippen LogP contribution in [-0.4, -0.2) is 54.1 Å². The number of rotatable bonds is 5. The fourth-order valence-corrected chi connectivity index (χ4v) is 4.05. The Morgan fingerprint density at radius 3 is 2.67 bits per heavy atom. The monoisotopic (exact) mass is 422 g/mol. The fourth-order valence-electron chi connectivity index (χ4n) is 3.40. The summed E-state index contributed by atoms with van der Waals surface area (Å²) in [6, 6.07) is 11.5. The van der Waals surface area contributed by atoms with Crippen LogP contribution in [0.5, 0.6) is 0 Å². The Labute approximate surface area is 180 Å². The quantitative estimate of drug-likeness (QED) is 0.656. The summed E-state index contributed by atoms with van der Waals surface area (Å²) in [5, 5.41) is 8.66. The molecule has 1 aromatic carbocycles. The molecule has 3 heterocycles.